The Labute approximate surface area is 109 Å². The molecule has 0 radical (unpaired) electrons. The lowest BCUT2D eigenvalue weighted by Gasteiger charge is -2.19. The highest BCUT2D eigenvalue weighted by Gasteiger charge is 2.23. The number of sulfonamides is 1. The third kappa shape index (κ3) is 3.51. The molecule has 0 atom stereocenters. The number of nitrogens with zero attached hydrogens (tertiary/aromatic N) is 2. The van der Waals surface area contributed by atoms with Crippen molar-refractivity contribution in [3.05, 3.63) is 23.9 Å². The molecule has 1 rings (SSSR count). The summed E-state index contributed by atoms with van der Waals surface area (Å²) in [4.78, 5) is 3.91. The molecule has 102 valence electrons. The molecule has 5 nitrogen and oxygen atoms in total. The summed E-state index contributed by atoms with van der Waals surface area (Å²) in [5, 5.41) is 8.94. The Hall–Kier alpha value is -0.980. The molecule has 0 amide bonds. The number of unbranched alkanes of at least 4 members (excludes halogenated alkanes) is 1. The van der Waals surface area contributed by atoms with Gasteiger partial charge < -0.3 is 5.11 Å². The molecular formula is C12H20N2O3S. The summed E-state index contributed by atoms with van der Waals surface area (Å²) >= 11 is 0. The second kappa shape index (κ2) is 6.82. The maximum atomic E-state index is 12.3. The van der Waals surface area contributed by atoms with Gasteiger partial charge in [0.15, 0.2) is 5.03 Å². The Morgan fingerprint density at radius 1 is 1.33 bits per heavy atom. The SMILES string of the molecule is CCCCN(CC)S(=O)(=O)c1ccc(CO)cn1. The van der Waals surface area contributed by atoms with E-state index in [4.69, 9.17) is 5.11 Å². The van der Waals surface area contributed by atoms with Crippen LogP contribution in [0.3, 0.4) is 0 Å². The van der Waals surface area contributed by atoms with Gasteiger partial charge in [-0.05, 0) is 18.1 Å². The number of aromatic nitrogens is 1. The molecule has 0 bridgehead atoms. The Morgan fingerprint density at radius 3 is 2.50 bits per heavy atom. The van der Waals surface area contributed by atoms with Crippen molar-refractivity contribution < 1.29 is 13.5 Å². The summed E-state index contributed by atoms with van der Waals surface area (Å²) in [6.45, 7) is 4.65. The van der Waals surface area contributed by atoms with Crippen molar-refractivity contribution in [2.75, 3.05) is 13.1 Å². The fourth-order valence-electron chi connectivity index (χ4n) is 1.57. The van der Waals surface area contributed by atoms with Crippen molar-refractivity contribution in [3.63, 3.8) is 0 Å². The molecule has 1 heterocycles. The van der Waals surface area contributed by atoms with Gasteiger partial charge in [-0.25, -0.2) is 13.4 Å². The van der Waals surface area contributed by atoms with Crippen LogP contribution in [0.1, 0.15) is 32.3 Å². The normalized spacial score (nSPS) is 12.0. The molecule has 1 aromatic rings. The first-order valence-corrected chi connectivity index (χ1v) is 7.56. The maximum absolute atomic E-state index is 12.3. The van der Waals surface area contributed by atoms with Crippen LogP contribution in [0.25, 0.3) is 0 Å². The zero-order valence-electron chi connectivity index (χ0n) is 10.8. The van der Waals surface area contributed by atoms with Crippen LogP contribution >= 0.6 is 0 Å². The lowest BCUT2D eigenvalue weighted by atomic mass is 10.3. The number of aliphatic hydroxyl groups excluding tert-OH is 1. The zero-order chi connectivity index (χ0) is 13.6. The molecule has 0 aliphatic heterocycles. The number of rotatable bonds is 7. The summed E-state index contributed by atoms with van der Waals surface area (Å²) in [7, 11) is -3.51. The summed E-state index contributed by atoms with van der Waals surface area (Å²) in [5.41, 5.74) is 0.602. The Kier molecular flexibility index (Phi) is 5.71. The maximum Gasteiger partial charge on any atom is 0.260 e. The van der Waals surface area contributed by atoms with Crippen molar-refractivity contribution >= 4 is 10.0 Å². The highest BCUT2D eigenvalue weighted by molar-refractivity contribution is 7.89. The smallest absolute Gasteiger partial charge is 0.260 e. The van der Waals surface area contributed by atoms with Crippen LogP contribution in [-0.4, -0.2) is 35.9 Å². The second-order valence-corrected chi connectivity index (χ2v) is 5.90. The number of aliphatic hydroxyl groups is 1. The van der Waals surface area contributed by atoms with Gasteiger partial charge in [-0.2, -0.15) is 4.31 Å². The second-order valence-electron chi connectivity index (χ2n) is 4.01. The van der Waals surface area contributed by atoms with E-state index in [1.807, 2.05) is 13.8 Å². The standard InChI is InChI=1S/C12H20N2O3S/c1-3-5-8-14(4-2)18(16,17)12-7-6-11(10-15)9-13-12/h6-7,9,15H,3-5,8,10H2,1-2H3. The third-order valence-corrected chi connectivity index (χ3v) is 4.59. The average Bonchev–Trinajstić information content (AvgIpc) is 2.39. The highest BCUT2D eigenvalue weighted by Crippen LogP contribution is 2.14. The highest BCUT2D eigenvalue weighted by atomic mass is 32.2. The van der Waals surface area contributed by atoms with Gasteiger partial charge in [0.05, 0.1) is 6.61 Å². The van der Waals surface area contributed by atoms with Gasteiger partial charge in [-0.3, -0.25) is 0 Å². The third-order valence-electron chi connectivity index (χ3n) is 2.70. The van der Waals surface area contributed by atoms with E-state index in [0.717, 1.165) is 12.8 Å². The molecule has 0 fully saturated rings. The summed E-state index contributed by atoms with van der Waals surface area (Å²) in [6, 6.07) is 3.02. The fraction of sp³-hybridized carbons (Fsp3) is 0.583. The predicted molar refractivity (Wildman–Crippen MR) is 69.5 cm³/mol. The minimum atomic E-state index is -3.51. The molecule has 0 unspecified atom stereocenters. The van der Waals surface area contributed by atoms with Crippen molar-refractivity contribution in [2.45, 2.75) is 38.3 Å². The van der Waals surface area contributed by atoms with Gasteiger partial charge in [0.1, 0.15) is 0 Å². The van der Waals surface area contributed by atoms with Gasteiger partial charge in [0, 0.05) is 19.3 Å². The molecule has 0 aliphatic rings. The van der Waals surface area contributed by atoms with Crippen LogP contribution in [0.2, 0.25) is 0 Å². The lowest BCUT2D eigenvalue weighted by molar-refractivity contribution is 0.281. The van der Waals surface area contributed by atoms with Crippen molar-refractivity contribution in [3.8, 4) is 0 Å². The van der Waals surface area contributed by atoms with Crippen LogP contribution < -0.4 is 0 Å². The lowest BCUT2D eigenvalue weighted by Crippen LogP contribution is -2.32. The van der Waals surface area contributed by atoms with Crippen molar-refractivity contribution in [1.29, 1.82) is 0 Å². The quantitative estimate of drug-likeness (QED) is 0.814. The van der Waals surface area contributed by atoms with Crippen molar-refractivity contribution in [2.24, 2.45) is 0 Å². The molecule has 1 N–H and O–H groups in total. The first-order valence-electron chi connectivity index (χ1n) is 6.12. The zero-order valence-corrected chi connectivity index (χ0v) is 11.7. The van der Waals surface area contributed by atoms with E-state index in [1.165, 1.54) is 16.6 Å². The van der Waals surface area contributed by atoms with Crippen LogP contribution in [0, 0.1) is 0 Å². The largest absolute Gasteiger partial charge is 0.392 e. The van der Waals surface area contributed by atoms with Gasteiger partial charge in [-0.1, -0.05) is 26.3 Å². The van der Waals surface area contributed by atoms with E-state index in [-0.39, 0.29) is 11.6 Å². The fourth-order valence-corrected chi connectivity index (χ4v) is 2.97. The molecule has 0 saturated heterocycles. The summed E-state index contributed by atoms with van der Waals surface area (Å²) < 4.78 is 26.0. The van der Waals surface area contributed by atoms with E-state index in [2.05, 4.69) is 4.98 Å². The van der Waals surface area contributed by atoms with E-state index in [0.29, 0.717) is 18.7 Å². The first-order chi connectivity index (χ1) is 8.56. The number of pyridine rings is 1. The van der Waals surface area contributed by atoms with E-state index >= 15 is 0 Å². The van der Waals surface area contributed by atoms with Crippen LogP contribution in [0.4, 0.5) is 0 Å². The van der Waals surface area contributed by atoms with E-state index in [1.54, 1.807) is 6.07 Å². The number of hydrogen-bond acceptors (Lipinski definition) is 4. The monoisotopic (exact) mass is 272 g/mol. The number of hydrogen-bond donors (Lipinski definition) is 1. The molecule has 1 aromatic heterocycles. The topological polar surface area (TPSA) is 70.5 Å². The molecule has 0 saturated carbocycles. The molecular weight excluding hydrogens is 252 g/mol. The summed E-state index contributed by atoms with van der Waals surface area (Å²) in [6.07, 6.45) is 3.17. The molecule has 0 spiro atoms. The molecule has 0 aliphatic carbocycles. The predicted octanol–water partition coefficient (Wildman–Crippen LogP) is 1.38. The minimum Gasteiger partial charge on any atom is -0.392 e. The molecule has 18 heavy (non-hydrogen) atoms. The minimum absolute atomic E-state index is 0.0395. The van der Waals surface area contributed by atoms with Crippen LogP contribution in [-0.2, 0) is 16.6 Å². The van der Waals surface area contributed by atoms with Gasteiger partial charge in [-0.15, -0.1) is 0 Å². The average molecular weight is 272 g/mol. The van der Waals surface area contributed by atoms with Crippen LogP contribution in [0.15, 0.2) is 23.4 Å². The van der Waals surface area contributed by atoms with Gasteiger partial charge in [0.2, 0.25) is 0 Å². The van der Waals surface area contributed by atoms with Crippen molar-refractivity contribution in [1.82, 2.24) is 9.29 Å². The Morgan fingerprint density at radius 2 is 2.06 bits per heavy atom. The first kappa shape index (κ1) is 15.1. The van der Waals surface area contributed by atoms with Gasteiger partial charge in [0.25, 0.3) is 10.0 Å². The summed E-state index contributed by atoms with van der Waals surface area (Å²) in [5.74, 6) is 0. The van der Waals surface area contributed by atoms with E-state index < -0.39 is 10.0 Å². The van der Waals surface area contributed by atoms with E-state index in [9.17, 15) is 8.42 Å². The Bertz CT molecular complexity index is 457. The van der Waals surface area contributed by atoms with Crippen LogP contribution in [0.5, 0.6) is 0 Å². The molecule has 6 heteroatoms. The molecule has 0 aromatic carbocycles. The Balaban J connectivity index is 2.95. The van der Waals surface area contributed by atoms with Gasteiger partial charge >= 0.3 is 0 Å².